The fourth-order valence-corrected chi connectivity index (χ4v) is 2.43. The minimum absolute atomic E-state index is 0.0765. The van der Waals surface area contributed by atoms with Crippen LogP contribution in [0.5, 0.6) is 5.75 Å². The molecule has 0 radical (unpaired) electrons. The van der Waals surface area contributed by atoms with Gasteiger partial charge in [-0.1, -0.05) is 25.4 Å². The van der Waals surface area contributed by atoms with Crippen LogP contribution in [0.15, 0.2) is 18.2 Å². The van der Waals surface area contributed by atoms with Gasteiger partial charge in [0.1, 0.15) is 5.75 Å². The smallest absolute Gasteiger partial charge is 0.176 e. The van der Waals surface area contributed by atoms with Crippen LogP contribution in [0.25, 0.3) is 0 Å². The van der Waals surface area contributed by atoms with Gasteiger partial charge in [0, 0.05) is 11.6 Å². The largest absolute Gasteiger partial charge is 0.495 e. The zero-order valence-corrected chi connectivity index (χ0v) is 13.7. The Hall–Kier alpha value is -1.06. The van der Waals surface area contributed by atoms with Crippen molar-refractivity contribution in [1.82, 2.24) is 4.90 Å². The highest BCUT2D eigenvalue weighted by atomic mass is 35.5. The monoisotopic (exact) mass is 297 g/mol. The Bertz CT molecular complexity index is 460. The number of likely N-dealkylation sites (N-methyl/N-ethyl adjacent to an activating group) is 1. The summed E-state index contributed by atoms with van der Waals surface area (Å²) in [5, 5.41) is 0.469. The van der Waals surface area contributed by atoms with Crippen LogP contribution in [0.4, 0.5) is 0 Å². The van der Waals surface area contributed by atoms with E-state index in [-0.39, 0.29) is 5.78 Å². The van der Waals surface area contributed by atoms with E-state index >= 15 is 0 Å². The Balaban J connectivity index is 2.69. The molecular formula is C16H24ClNO2. The molecule has 0 aliphatic rings. The molecule has 1 atom stereocenters. The molecule has 0 N–H and O–H groups in total. The average molecular weight is 298 g/mol. The van der Waals surface area contributed by atoms with E-state index in [1.54, 1.807) is 25.3 Å². The van der Waals surface area contributed by atoms with E-state index in [2.05, 4.69) is 25.7 Å². The Morgan fingerprint density at radius 3 is 2.50 bits per heavy atom. The van der Waals surface area contributed by atoms with Crippen molar-refractivity contribution >= 4 is 17.4 Å². The standard InChI is InChI=1S/C16H24ClNO2/c1-11(2)8-12(3)18(4)10-15(19)13-6-7-16(20-5)14(17)9-13/h6-7,9,11-12H,8,10H2,1-5H3. The van der Waals surface area contributed by atoms with Crippen molar-refractivity contribution in [3.8, 4) is 5.75 Å². The number of rotatable bonds is 7. The fraction of sp³-hybridized carbons (Fsp3) is 0.562. The first-order chi connectivity index (χ1) is 9.35. The number of benzene rings is 1. The van der Waals surface area contributed by atoms with Gasteiger partial charge in [-0.25, -0.2) is 0 Å². The number of hydrogen-bond acceptors (Lipinski definition) is 3. The quantitative estimate of drug-likeness (QED) is 0.715. The molecule has 0 heterocycles. The topological polar surface area (TPSA) is 29.5 Å². The van der Waals surface area contributed by atoms with E-state index in [9.17, 15) is 4.79 Å². The summed E-state index contributed by atoms with van der Waals surface area (Å²) in [6, 6.07) is 5.54. The molecule has 0 aromatic heterocycles. The third kappa shape index (κ3) is 4.80. The molecule has 4 heteroatoms. The molecule has 0 saturated heterocycles. The maximum atomic E-state index is 12.3. The summed E-state index contributed by atoms with van der Waals surface area (Å²) in [7, 11) is 3.54. The van der Waals surface area contributed by atoms with Gasteiger partial charge in [-0.05, 0) is 44.5 Å². The van der Waals surface area contributed by atoms with Crippen LogP contribution in [0, 0.1) is 5.92 Å². The summed E-state index contributed by atoms with van der Waals surface area (Å²) < 4.78 is 5.09. The van der Waals surface area contributed by atoms with E-state index in [0.717, 1.165) is 6.42 Å². The van der Waals surface area contributed by atoms with Gasteiger partial charge in [0.2, 0.25) is 0 Å². The van der Waals surface area contributed by atoms with E-state index in [4.69, 9.17) is 16.3 Å². The average Bonchev–Trinajstić information content (AvgIpc) is 2.37. The molecule has 0 bridgehead atoms. The molecule has 1 rings (SSSR count). The molecule has 0 aliphatic carbocycles. The third-order valence-corrected chi connectivity index (χ3v) is 3.73. The minimum atomic E-state index is 0.0765. The number of Topliss-reactive ketones (excluding diaryl/α,β-unsaturated/α-hetero) is 1. The predicted molar refractivity (Wildman–Crippen MR) is 83.9 cm³/mol. The number of nitrogens with zero attached hydrogens (tertiary/aromatic N) is 1. The summed E-state index contributed by atoms with van der Waals surface area (Å²) in [4.78, 5) is 14.3. The SMILES string of the molecule is COc1ccc(C(=O)CN(C)C(C)CC(C)C)cc1Cl. The Kier molecular flexibility index (Phi) is 6.50. The van der Waals surface area contributed by atoms with Gasteiger partial charge in [0.25, 0.3) is 0 Å². The number of methoxy groups -OCH3 is 1. The summed E-state index contributed by atoms with van der Waals surface area (Å²) in [6.07, 6.45) is 1.08. The third-order valence-electron chi connectivity index (χ3n) is 3.43. The van der Waals surface area contributed by atoms with Crippen LogP contribution in [0.3, 0.4) is 0 Å². The van der Waals surface area contributed by atoms with Crippen molar-refractivity contribution in [1.29, 1.82) is 0 Å². The summed E-state index contributed by atoms with van der Waals surface area (Å²) in [5.74, 6) is 1.29. The van der Waals surface area contributed by atoms with Gasteiger partial charge in [-0.15, -0.1) is 0 Å². The molecule has 0 spiro atoms. The Labute approximate surface area is 126 Å². The number of ketones is 1. The molecule has 1 aromatic carbocycles. The fourth-order valence-electron chi connectivity index (χ4n) is 2.18. The zero-order chi connectivity index (χ0) is 15.3. The van der Waals surface area contributed by atoms with Crippen molar-refractivity contribution in [2.45, 2.75) is 33.2 Å². The highest BCUT2D eigenvalue weighted by molar-refractivity contribution is 6.32. The van der Waals surface area contributed by atoms with Crippen LogP contribution < -0.4 is 4.74 Å². The summed E-state index contributed by atoms with van der Waals surface area (Å²) in [5.41, 5.74) is 0.624. The summed E-state index contributed by atoms with van der Waals surface area (Å²) in [6.45, 7) is 6.93. The molecule has 0 saturated carbocycles. The minimum Gasteiger partial charge on any atom is -0.495 e. The maximum Gasteiger partial charge on any atom is 0.176 e. The molecule has 0 aliphatic heterocycles. The molecule has 112 valence electrons. The number of halogens is 1. The Morgan fingerprint density at radius 1 is 1.35 bits per heavy atom. The highest BCUT2D eigenvalue weighted by Gasteiger charge is 2.16. The zero-order valence-electron chi connectivity index (χ0n) is 12.9. The lowest BCUT2D eigenvalue weighted by atomic mass is 10.0. The van der Waals surface area contributed by atoms with Crippen LogP contribution >= 0.6 is 11.6 Å². The van der Waals surface area contributed by atoms with Crippen molar-refractivity contribution < 1.29 is 9.53 Å². The van der Waals surface area contributed by atoms with Crippen LogP contribution in [-0.2, 0) is 0 Å². The van der Waals surface area contributed by atoms with E-state index in [1.165, 1.54) is 0 Å². The van der Waals surface area contributed by atoms with Gasteiger partial charge >= 0.3 is 0 Å². The van der Waals surface area contributed by atoms with Crippen LogP contribution in [0.1, 0.15) is 37.6 Å². The first-order valence-electron chi connectivity index (χ1n) is 6.92. The maximum absolute atomic E-state index is 12.3. The lowest BCUT2D eigenvalue weighted by Gasteiger charge is -2.25. The predicted octanol–water partition coefficient (Wildman–Crippen LogP) is 3.90. The van der Waals surface area contributed by atoms with Crippen molar-refractivity contribution in [3.05, 3.63) is 28.8 Å². The van der Waals surface area contributed by atoms with E-state index < -0.39 is 0 Å². The summed E-state index contributed by atoms with van der Waals surface area (Å²) >= 11 is 6.05. The van der Waals surface area contributed by atoms with Crippen molar-refractivity contribution in [2.24, 2.45) is 5.92 Å². The van der Waals surface area contributed by atoms with Gasteiger partial charge in [-0.2, -0.15) is 0 Å². The molecule has 1 aromatic rings. The Morgan fingerprint density at radius 2 is 2.00 bits per heavy atom. The second-order valence-corrected chi connectivity index (χ2v) is 6.07. The number of hydrogen-bond donors (Lipinski definition) is 0. The number of carbonyl (C=O) groups is 1. The van der Waals surface area contributed by atoms with E-state index in [1.807, 2.05) is 7.05 Å². The highest BCUT2D eigenvalue weighted by Crippen LogP contribution is 2.25. The van der Waals surface area contributed by atoms with Gasteiger partial charge in [-0.3, -0.25) is 9.69 Å². The number of ether oxygens (including phenoxy) is 1. The number of carbonyl (C=O) groups excluding carboxylic acids is 1. The molecule has 1 unspecified atom stereocenters. The first-order valence-corrected chi connectivity index (χ1v) is 7.30. The first kappa shape index (κ1) is 17.0. The van der Waals surface area contributed by atoms with Crippen molar-refractivity contribution in [2.75, 3.05) is 20.7 Å². The molecule has 0 fully saturated rings. The lowest BCUT2D eigenvalue weighted by Crippen LogP contribution is -2.34. The second-order valence-electron chi connectivity index (χ2n) is 5.67. The molecule has 0 amide bonds. The van der Waals surface area contributed by atoms with Gasteiger partial charge < -0.3 is 4.74 Å². The van der Waals surface area contributed by atoms with Gasteiger partial charge in [0.05, 0.1) is 18.7 Å². The van der Waals surface area contributed by atoms with Crippen LogP contribution in [0.2, 0.25) is 5.02 Å². The lowest BCUT2D eigenvalue weighted by molar-refractivity contribution is 0.0916. The van der Waals surface area contributed by atoms with Gasteiger partial charge in [0.15, 0.2) is 5.78 Å². The molecular weight excluding hydrogens is 274 g/mol. The molecule has 20 heavy (non-hydrogen) atoms. The second kappa shape index (κ2) is 7.65. The van der Waals surface area contributed by atoms with E-state index in [0.29, 0.717) is 34.8 Å². The van der Waals surface area contributed by atoms with Crippen molar-refractivity contribution in [3.63, 3.8) is 0 Å². The van der Waals surface area contributed by atoms with Crippen LogP contribution in [-0.4, -0.2) is 37.4 Å². The normalized spacial score (nSPS) is 12.8. The molecule has 3 nitrogen and oxygen atoms in total.